The van der Waals surface area contributed by atoms with Crippen LogP contribution in [0.5, 0.6) is 0 Å². The summed E-state index contributed by atoms with van der Waals surface area (Å²) in [6.45, 7) is 1.45. The lowest BCUT2D eigenvalue weighted by Crippen LogP contribution is -2.35. The molecule has 2 aromatic carbocycles. The lowest BCUT2D eigenvalue weighted by Gasteiger charge is -2.33. The first-order chi connectivity index (χ1) is 14.6. The van der Waals surface area contributed by atoms with Crippen molar-refractivity contribution in [2.75, 3.05) is 18.0 Å². The molecule has 1 fully saturated rings. The van der Waals surface area contributed by atoms with E-state index in [4.69, 9.17) is 23.2 Å². The molecule has 0 amide bonds. The Labute approximate surface area is 181 Å². The zero-order valence-corrected chi connectivity index (χ0v) is 17.2. The first kappa shape index (κ1) is 19.1. The lowest BCUT2D eigenvalue weighted by atomic mass is 9.96. The van der Waals surface area contributed by atoms with Crippen molar-refractivity contribution in [2.45, 2.75) is 18.8 Å². The molecule has 5 rings (SSSR count). The third kappa shape index (κ3) is 3.36. The second-order valence-electron chi connectivity index (χ2n) is 7.20. The van der Waals surface area contributed by atoms with Gasteiger partial charge in [0, 0.05) is 19.0 Å². The van der Waals surface area contributed by atoms with E-state index in [0.717, 1.165) is 30.5 Å². The topological polar surface area (TPSA) is 83.5 Å². The fourth-order valence-corrected chi connectivity index (χ4v) is 4.29. The summed E-state index contributed by atoms with van der Waals surface area (Å²) in [5.74, 6) is 1.07. The van der Waals surface area contributed by atoms with Crippen LogP contribution in [0.25, 0.3) is 22.0 Å². The van der Waals surface area contributed by atoms with Gasteiger partial charge >= 0.3 is 0 Å². The van der Waals surface area contributed by atoms with Crippen molar-refractivity contribution in [2.24, 2.45) is 0 Å². The number of piperidine rings is 1. The minimum atomic E-state index is -0.399. The van der Waals surface area contributed by atoms with Crippen LogP contribution in [0.15, 0.2) is 36.7 Å². The highest BCUT2D eigenvalue weighted by atomic mass is 35.5. The molecule has 1 N–H and O–H groups in total. The maximum Gasteiger partial charge on any atom is 0.179 e. The van der Waals surface area contributed by atoms with Gasteiger partial charge < -0.3 is 4.90 Å². The molecule has 4 aromatic rings. The number of halogens is 3. The summed E-state index contributed by atoms with van der Waals surface area (Å²) in [7, 11) is 0. The third-order valence-electron chi connectivity index (χ3n) is 5.40. The van der Waals surface area contributed by atoms with Crippen LogP contribution in [-0.2, 0) is 0 Å². The molecule has 10 heteroatoms. The van der Waals surface area contributed by atoms with E-state index in [-0.39, 0.29) is 11.4 Å². The summed E-state index contributed by atoms with van der Waals surface area (Å²) in [6, 6.07) is 8.49. The van der Waals surface area contributed by atoms with Gasteiger partial charge in [0.05, 0.1) is 15.4 Å². The Bertz CT molecular complexity index is 1220. The van der Waals surface area contributed by atoms with Crippen LogP contribution < -0.4 is 4.90 Å². The Morgan fingerprint density at radius 1 is 1.10 bits per heavy atom. The second-order valence-corrected chi connectivity index (χ2v) is 8.01. The molecule has 0 bridgehead atoms. The van der Waals surface area contributed by atoms with Gasteiger partial charge in [-0.15, -0.1) is 10.2 Å². The molecule has 1 saturated heterocycles. The summed E-state index contributed by atoms with van der Waals surface area (Å²) in [4.78, 5) is 10.9. The smallest absolute Gasteiger partial charge is 0.179 e. The van der Waals surface area contributed by atoms with E-state index in [1.54, 1.807) is 18.2 Å². The van der Waals surface area contributed by atoms with E-state index in [2.05, 4.69) is 35.5 Å². The molecule has 1 atom stereocenters. The maximum atomic E-state index is 14.7. The highest BCUT2D eigenvalue weighted by Crippen LogP contribution is 2.38. The standard InChI is InChI=1S/C20H16Cl2FN7/c21-14-5-3-11(8-15(14)22)13-4-6-16(23)18-17(13)20(25-10-24-18)30-7-1-2-12(9-30)19-26-28-29-27-19/h3-6,8,10,12H,1-2,7,9H2,(H,26,27,28,29)/t12-/m1/s1. The van der Waals surface area contributed by atoms with Crippen LogP contribution in [0, 0.1) is 5.82 Å². The number of aromatic amines is 1. The van der Waals surface area contributed by atoms with E-state index in [9.17, 15) is 4.39 Å². The molecule has 0 aliphatic carbocycles. The van der Waals surface area contributed by atoms with Crippen molar-refractivity contribution in [3.8, 4) is 11.1 Å². The molecule has 3 heterocycles. The molecule has 1 aliphatic heterocycles. The van der Waals surface area contributed by atoms with Crippen LogP contribution >= 0.6 is 23.2 Å². The van der Waals surface area contributed by atoms with E-state index in [1.165, 1.54) is 12.4 Å². The van der Waals surface area contributed by atoms with Crippen molar-refractivity contribution in [1.29, 1.82) is 0 Å². The molecule has 7 nitrogen and oxygen atoms in total. The van der Waals surface area contributed by atoms with Gasteiger partial charge in [0.25, 0.3) is 0 Å². The number of rotatable bonds is 3. The van der Waals surface area contributed by atoms with Crippen molar-refractivity contribution in [3.63, 3.8) is 0 Å². The number of aromatic nitrogens is 6. The Kier molecular flexibility index (Phi) is 4.96. The Morgan fingerprint density at radius 3 is 2.80 bits per heavy atom. The summed E-state index contributed by atoms with van der Waals surface area (Å²) in [5, 5.41) is 16.0. The highest BCUT2D eigenvalue weighted by Gasteiger charge is 2.27. The largest absolute Gasteiger partial charge is 0.355 e. The molecular formula is C20H16Cl2FN7. The van der Waals surface area contributed by atoms with Crippen LogP contribution in [-0.4, -0.2) is 43.7 Å². The zero-order chi connectivity index (χ0) is 20.7. The third-order valence-corrected chi connectivity index (χ3v) is 6.14. The quantitative estimate of drug-likeness (QED) is 0.496. The molecule has 0 unspecified atom stereocenters. The Balaban J connectivity index is 1.65. The molecule has 2 aromatic heterocycles. The van der Waals surface area contributed by atoms with E-state index in [1.807, 2.05) is 6.07 Å². The number of tetrazole rings is 1. The molecule has 30 heavy (non-hydrogen) atoms. The molecular weight excluding hydrogens is 428 g/mol. The number of nitrogens with zero attached hydrogens (tertiary/aromatic N) is 6. The predicted molar refractivity (Wildman–Crippen MR) is 113 cm³/mol. The summed E-state index contributed by atoms with van der Waals surface area (Å²) >= 11 is 12.3. The predicted octanol–water partition coefficient (Wildman–Crippen LogP) is 4.64. The van der Waals surface area contributed by atoms with Crippen molar-refractivity contribution in [1.82, 2.24) is 30.6 Å². The van der Waals surface area contributed by atoms with Crippen LogP contribution in [0.2, 0.25) is 10.0 Å². The van der Waals surface area contributed by atoms with E-state index < -0.39 is 5.82 Å². The molecule has 0 radical (unpaired) electrons. The fraction of sp³-hybridized carbons (Fsp3) is 0.250. The minimum absolute atomic E-state index is 0.115. The van der Waals surface area contributed by atoms with E-state index >= 15 is 0 Å². The number of H-pyrrole nitrogens is 1. The molecule has 1 aliphatic rings. The number of hydrogen-bond donors (Lipinski definition) is 1. The van der Waals surface area contributed by atoms with Crippen molar-refractivity contribution in [3.05, 3.63) is 58.3 Å². The minimum Gasteiger partial charge on any atom is -0.355 e. The molecule has 0 saturated carbocycles. The number of fused-ring (bicyclic) bond motifs is 1. The maximum absolute atomic E-state index is 14.7. The van der Waals surface area contributed by atoms with Gasteiger partial charge in [0.15, 0.2) is 5.82 Å². The van der Waals surface area contributed by atoms with Gasteiger partial charge in [0.2, 0.25) is 0 Å². The van der Waals surface area contributed by atoms with Crippen molar-refractivity contribution >= 4 is 39.9 Å². The van der Waals surface area contributed by atoms with Crippen LogP contribution in [0.1, 0.15) is 24.6 Å². The average molecular weight is 444 g/mol. The number of anilines is 1. The van der Waals surface area contributed by atoms with Gasteiger partial charge in [-0.1, -0.05) is 40.5 Å². The molecule has 152 valence electrons. The first-order valence-electron chi connectivity index (χ1n) is 9.48. The van der Waals surface area contributed by atoms with E-state index in [0.29, 0.717) is 33.6 Å². The lowest BCUT2D eigenvalue weighted by molar-refractivity contribution is 0.489. The van der Waals surface area contributed by atoms with Crippen molar-refractivity contribution < 1.29 is 4.39 Å². The second kappa shape index (κ2) is 7.77. The van der Waals surface area contributed by atoms with Gasteiger partial charge in [-0.3, -0.25) is 0 Å². The monoisotopic (exact) mass is 443 g/mol. The highest BCUT2D eigenvalue weighted by molar-refractivity contribution is 6.42. The Hall–Kier alpha value is -2.84. The molecule has 0 spiro atoms. The van der Waals surface area contributed by atoms with Gasteiger partial charge in [0.1, 0.15) is 23.5 Å². The van der Waals surface area contributed by atoms with Crippen LogP contribution in [0.4, 0.5) is 10.2 Å². The Morgan fingerprint density at radius 2 is 2.00 bits per heavy atom. The normalized spacial score (nSPS) is 16.9. The summed E-state index contributed by atoms with van der Waals surface area (Å²) in [6.07, 6.45) is 3.28. The number of benzene rings is 2. The van der Waals surface area contributed by atoms with Gasteiger partial charge in [-0.2, -0.15) is 5.21 Å². The average Bonchev–Trinajstić information content (AvgIpc) is 3.31. The summed E-state index contributed by atoms with van der Waals surface area (Å²) in [5.41, 5.74) is 1.88. The van der Waals surface area contributed by atoms with Gasteiger partial charge in [-0.25, -0.2) is 14.4 Å². The fourth-order valence-electron chi connectivity index (χ4n) is 3.99. The number of nitrogens with one attached hydrogen (secondary N) is 1. The summed E-state index contributed by atoms with van der Waals surface area (Å²) < 4.78 is 14.7. The van der Waals surface area contributed by atoms with Crippen LogP contribution in [0.3, 0.4) is 0 Å². The number of hydrogen-bond acceptors (Lipinski definition) is 6. The zero-order valence-electron chi connectivity index (χ0n) is 15.7. The first-order valence-corrected chi connectivity index (χ1v) is 10.2. The van der Waals surface area contributed by atoms with Gasteiger partial charge in [-0.05, 0) is 42.2 Å². The SMILES string of the molecule is Fc1ccc(-c2ccc(Cl)c(Cl)c2)c2c(N3CCC[C@@H](c4nn[nH]n4)C3)ncnc12.